The van der Waals surface area contributed by atoms with E-state index in [9.17, 15) is 9.59 Å². The van der Waals surface area contributed by atoms with E-state index >= 15 is 0 Å². The molecule has 1 N–H and O–H groups in total. The first-order chi connectivity index (χ1) is 11.4. The van der Waals surface area contributed by atoms with Gasteiger partial charge in [0.05, 0.1) is 12.8 Å². The molecule has 1 amide bonds. The predicted octanol–water partition coefficient (Wildman–Crippen LogP) is 3.88. The van der Waals surface area contributed by atoms with Crippen molar-refractivity contribution in [2.24, 2.45) is 0 Å². The number of nitrogens with one attached hydrogen (secondary N) is 1. The first kappa shape index (κ1) is 17.8. The molecule has 0 fully saturated rings. The Morgan fingerprint density at radius 3 is 2.42 bits per heavy atom. The summed E-state index contributed by atoms with van der Waals surface area (Å²) in [5.41, 5.74) is 1.95. The number of hydrogen-bond acceptors (Lipinski definition) is 4. The summed E-state index contributed by atoms with van der Waals surface area (Å²) >= 11 is 6.04. The highest BCUT2D eigenvalue weighted by atomic mass is 35.5. The van der Waals surface area contributed by atoms with E-state index in [0.29, 0.717) is 27.8 Å². The summed E-state index contributed by atoms with van der Waals surface area (Å²) in [5, 5.41) is 3.29. The minimum atomic E-state index is -0.328. The molecule has 0 heterocycles. The van der Waals surface area contributed by atoms with Crippen LogP contribution in [0.15, 0.2) is 36.4 Å². The van der Waals surface area contributed by atoms with Gasteiger partial charge in [-0.1, -0.05) is 11.6 Å². The highest BCUT2D eigenvalue weighted by Crippen LogP contribution is 2.30. The summed E-state index contributed by atoms with van der Waals surface area (Å²) in [6, 6.07) is 9.99. The van der Waals surface area contributed by atoms with Crippen LogP contribution in [0.5, 0.6) is 11.5 Å². The van der Waals surface area contributed by atoms with E-state index in [1.54, 1.807) is 36.4 Å². The molecule has 0 spiro atoms. The van der Waals surface area contributed by atoms with Gasteiger partial charge in [-0.3, -0.25) is 9.59 Å². The van der Waals surface area contributed by atoms with Crippen molar-refractivity contribution in [3.63, 3.8) is 0 Å². The van der Waals surface area contributed by atoms with E-state index in [1.165, 1.54) is 14.0 Å². The molecular weight excluding hydrogens is 330 g/mol. The third-order valence-corrected chi connectivity index (χ3v) is 3.79. The molecule has 0 aliphatic heterocycles. The van der Waals surface area contributed by atoms with Crippen LogP contribution in [0.25, 0.3) is 0 Å². The lowest BCUT2D eigenvalue weighted by molar-refractivity contribution is -0.118. The molecule has 5 nitrogen and oxygen atoms in total. The largest absolute Gasteiger partial charge is 0.495 e. The molecule has 0 bridgehead atoms. The minimum Gasteiger partial charge on any atom is -0.495 e. The summed E-state index contributed by atoms with van der Waals surface area (Å²) in [6.45, 7) is 3.17. The zero-order chi connectivity index (χ0) is 17.7. The van der Waals surface area contributed by atoms with E-state index in [2.05, 4.69) is 5.32 Å². The van der Waals surface area contributed by atoms with Gasteiger partial charge in [-0.15, -0.1) is 0 Å². The lowest BCUT2D eigenvalue weighted by Gasteiger charge is -2.12. The van der Waals surface area contributed by atoms with Crippen molar-refractivity contribution in [2.75, 3.05) is 19.0 Å². The van der Waals surface area contributed by atoms with Gasteiger partial charge in [0.2, 0.25) is 0 Å². The van der Waals surface area contributed by atoms with E-state index in [4.69, 9.17) is 21.1 Å². The first-order valence-electron chi connectivity index (χ1n) is 7.28. The van der Waals surface area contributed by atoms with Crippen LogP contribution in [0.2, 0.25) is 5.02 Å². The van der Waals surface area contributed by atoms with E-state index in [0.717, 1.165) is 5.56 Å². The molecule has 6 heteroatoms. The van der Waals surface area contributed by atoms with Crippen molar-refractivity contribution in [1.82, 2.24) is 0 Å². The number of aryl methyl sites for hydroxylation is 1. The summed E-state index contributed by atoms with van der Waals surface area (Å²) in [7, 11) is 1.50. The number of anilines is 1. The summed E-state index contributed by atoms with van der Waals surface area (Å²) in [4.78, 5) is 23.3. The molecule has 0 saturated heterocycles. The quantitative estimate of drug-likeness (QED) is 0.805. The molecule has 0 aliphatic carbocycles. The zero-order valence-corrected chi connectivity index (χ0v) is 14.4. The summed E-state index contributed by atoms with van der Waals surface area (Å²) in [5.74, 6) is 0.634. The van der Waals surface area contributed by atoms with Crippen LogP contribution >= 0.6 is 11.6 Å². The van der Waals surface area contributed by atoms with Gasteiger partial charge in [-0.2, -0.15) is 0 Å². The Labute approximate surface area is 145 Å². The number of ketones is 1. The second-order valence-corrected chi connectivity index (χ2v) is 5.63. The van der Waals surface area contributed by atoms with Crippen molar-refractivity contribution < 1.29 is 19.1 Å². The number of rotatable bonds is 6. The fraction of sp³-hybridized carbons (Fsp3) is 0.222. The van der Waals surface area contributed by atoms with E-state index < -0.39 is 0 Å². The molecule has 126 valence electrons. The van der Waals surface area contributed by atoms with Crippen molar-refractivity contribution in [3.8, 4) is 11.5 Å². The molecule has 0 atom stereocenters. The molecule has 2 aromatic rings. The van der Waals surface area contributed by atoms with Gasteiger partial charge in [0.15, 0.2) is 12.4 Å². The molecule has 0 saturated carbocycles. The molecule has 0 aliphatic rings. The number of Topliss-reactive ketones (excluding diaryl/α,β-unsaturated/α-hetero) is 1. The van der Waals surface area contributed by atoms with E-state index in [1.807, 2.05) is 6.92 Å². The third-order valence-electron chi connectivity index (χ3n) is 3.39. The number of amides is 1. The van der Waals surface area contributed by atoms with Crippen LogP contribution in [-0.4, -0.2) is 25.4 Å². The van der Waals surface area contributed by atoms with Gasteiger partial charge in [0.1, 0.15) is 11.5 Å². The summed E-state index contributed by atoms with van der Waals surface area (Å²) in [6.07, 6.45) is 0. The Kier molecular flexibility index (Phi) is 5.82. The fourth-order valence-electron chi connectivity index (χ4n) is 2.05. The third kappa shape index (κ3) is 4.49. The van der Waals surface area contributed by atoms with Crippen LogP contribution in [0, 0.1) is 6.92 Å². The molecule has 0 radical (unpaired) electrons. The van der Waals surface area contributed by atoms with Crippen molar-refractivity contribution in [1.29, 1.82) is 0 Å². The smallest absolute Gasteiger partial charge is 0.262 e. The standard InChI is InChI=1S/C18H18ClNO4/c1-11-8-16(17(23-3)9-15(11)19)20-18(22)10-24-14-6-4-13(5-7-14)12(2)21/h4-9H,10H2,1-3H3,(H,20,22). The highest BCUT2D eigenvalue weighted by Gasteiger charge is 2.11. The maximum atomic E-state index is 12.0. The summed E-state index contributed by atoms with van der Waals surface area (Å²) < 4.78 is 10.6. The topological polar surface area (TPSA) is 64.6 Å². The Bertz CT molecular complexity index is 756. The second-order valence-electron chi connectivity index (χ2n) is 5.22. The SMILES string of the molecule is COc1cc(Cl)c(C)cc1NC(=O)COc1ccc(C(C)=O)cc1. The predicted molar refractivity (Wildman–Crippen MR) is 93.3 cm³/mol. The lowest BCUT2D eigenvalue weighted by atomic mass is 10.1. The molecule has 24 heavy (non-hydrogen) atoms. The van der Waals surface area contributed by atoms with Gasteiger partial charge in [0, 0.05) is 16.7 Å². The highest BCUT2D eigenvalue weighted by molar-refractivity contribution is 6.31. The number of carbonyl (C=O) groups is 2. The Morgan fingerprint density at radius 1 is 1.17 bits per heavy atom. The van der Waals surface area contributed by atoms with Crippen LogP contribution in [0.4, 0.5) is 5.69 Å². The maximum absolute atomic E-state index is 12.0. The van der Waals surface area contributed by atoms with Gasteiger partial charge in [-0.25, -0.2) is 0 Å². The number of benzene rings is 2. The van der Waals surface area contributed by atoms with Gasteiger partial charge >= 0.3 is 0 Å². The lowest BCUT2D eigenvalue weighted by Crippen LogP contribution is -2.20. The van der Waals surface area contributed by atoms with Crippen molar-refractivity contribution >= 4 is 29.0 Å². The fourth-order valence-corrected chi connectivity index (χ4v) is 2.20. The monoisotopic (exact) mass is 347 g/mol. The minimum absolute atomic E-state index is 0.0236. The number of ether oxygens (including phenoxy) is 2. The van der Waals surface area contributed by atoms with Gasteiger partial charge in [-0.05, 0) is 49.7 Å². The molecule has 0 aromatic heterocycles. The Morgan fingerprint density at radius 2 is 1.83 bits per heavy atom. The number of methoxy groups -OCH3 is 1. The average Bonchev–Trinajstić information content (AvgIpc) is 2.56. The van der Waals surface area contributed by atoms with E-state index in [-0.39, 0.29) is 18.3 Å². The van der Waals surface area contributed by atoms with Crippen molar-refractivity contribution in [2.45, 2.75) is 13.8 Å². The van der Waals surface area contributed by atoms with Crippen molar-refractivity contribution in [3.05, 3.63) is 52.5 Å². The van der Waals surface area contributed by atoms with Crippen LogP contribution in [0.1, 0.15) is 22.8 Å². The van der Waals surface area contributed by atoms with Gasteiger partial charge in [0.25, 0.3) is 5.91 Å². The Hall–Kier alpha value is -2.53. The van der Waals surface area contributed by atoms with Gasteiger partial charge < -0.3 is 14.8 Å². The number of hydrogen-bond donors (Lipinski definition) is 1. The molecule has 0 unspecified atom stereocenters. The van der Waals surface area contributed by atoms with Crippen LogP contribution in [-0.2, 0) is 4.79 Å². The molecule has 2 rings (SSSR count). The average molecular weight is 348 g/mol. The van der Waals surface area contributed by atoms with Crippen LogP contribution in [0.3, 0.4) is 0 Å². The maximum Gasteiger partial charge on any atom is 0.262 e. The Balaban J connectivity index is 1.98. The molecule has 2 aromatic carbocycles. The zero-order valence-electron chi connectivity index (χ0n) is 13.7. The van der Waals surface area contributed by atoms with Crippen LogP contribution < -0.4 is 14.8 Å². The number of carbonyl (C=O) groups excluding carboxylic acids is 2. The first-order valence-corrected chi connectivity index (χ1v) is 7.66. The normalized spacial score (nSPS) is 10.2. The number of halogens is 1. The molecular formula is C18H18ClNO4. The second kappa shape index (κ2) is 7.84.